The van der Waals surface area contributed by atoms with Crippen molar-refractivity contribution in [3.63, 3.8) is 0 Å². The second-order valence-corrected chi connectivity index (χ2v) is 1.77. The Hall–Kier alpha value is -1.04. The molecule has 0 aromatic heterocycles. The Kier molecular flexibility index (Phi) is 23.9. The Balaban J connectivity index is -0.000000174. The van der Waals surface area contributed by atoms with Gasteiger partial charge in [0.1, 0.15) is 0 Å². The van der Waals surface area contributed by atoms with Crippen LogP contribution < -0.4 is 10.4 Å². The monoisotopic (exact) mass is 194 g/mol. The predicted octanol–water partition coefficient (Wildman–Crippen LogP) is 3.59. The Labute approximate surface area is 90.0 Å². The van der Waals surface area contributed by atoms with E-state index in [0.29, 0.717) is 0 Å². The average molecular weight is 194 g/mol. The molecule has 0 heterocycles. The Morgan fingerprint density at radius 1 is 0.643 bits per heavy atom. The van der Waals surface area contributed by atoms with Crippen LogP contribution in [-0.4, -0.2) is 0 Å². The van der Waals surface area contributed by atoms with Crippen LogP contribution in [0.1, 0.15) is 41.5 Å². The Morgan fingerprint density at radius 3 is 1.00 bits per heavy atom. The van der Waals surface area contributed by atoms with E-state index in [1.165, 1.54) is 0 Å². The highest BCUT2D eigenvalue weighted by Crippen LogP contribution is 1.66. The SMILES string of the molecule is C=c1ccccc1=C.CC.CC.CC. The molecule has 82 valence electrons. The topological polar surface area (TPSA) is 0 Å². The summed E-state index contributed by atoms with van der Waals surface area (Å²) in [5.41, 5.74) is 0. The van der Waals surface area contributed by atoms with Crippen molar-refractivity contribution < 1.29 is 0 Å². The van der Waals surface area contributed by atoms with Crippen molar-refractivity contribution >= 4 is 13.2 Å². The van der Waals surface area contributed by atoms with Crippen molar-refractivity contribution in [2.45, 2.75) is 41.5 Å². The first kappa shape index (κ1) is 18.7. The summed E-state index contributed by atoms with van der Waals surface area (Å²) in [5, 5.41) is 2.01. The van der Waals surface area contributed by atoms with E-state index in [1.807, 2.05) is 65.8 Å². The van der Waals surface area contributed by atoms with Gasteiger partial charge >= 0.3 is 0 Å². The molecular weight excluding hydrogens is 168 g/mol. The molecule has 0 aliphatic rings. The summed E-state index contributed by atoms with van der Waals surface area (Å²) in [6, 6.07) is 7.80. The Morgan fingerprint density at radius 2 is 0.857 bits per heavy atom. The second-order valence-electron chi connectivity index (χ2n) is 1.77. The van der Waals surface area contributed by atoms with E-state index < -0.39 is 0 Å². The molecule has 0 saturated heterocycles. The fourth-order valence-electron chi connectivity index (χ4n) is 0.557. The normalized spacial score (nSPS) is 6.43. The quantitative estimate of drug-likeness (QED) is 0.592. The number of rotatable bonds is 0. The summed E-state index contributed by atoms with van der Waals surface area (Å²) in [7, 11) is 0. The van der Waals surface area contributed by atoms with Crippen molar-refractivity contribution in [3.8, 4) is 0 Å². The molecule has 0 aliphatic carbocycles. The third-order valence-corrected chi connectivity index (χ3v) is 1.12. The van der Waals surface area contributed by atoms with Crippen LogP contribution in [0.4, 0.5) is 0 Å². The van der Waals surface area contributed by atoms with Crippen molar-refractivity contribution in [1.82, 2.24) is 0 Å². The summed E-state index contributed by atoms with van der Waals surface area (Å²) in [5.74, 6) is 0. The van der Waals surface area contributed by atoms with Crippen molar-refractivity contribution in [1.29, 1.82) is 0 Å². The summed E-state index contributed by atoms with van der Waals surface area (Å²) < 4.78 is 0. The van der Waals surface area contributed by atoms with Gasteiger partial charge in [-0.25, -0.2) is 0 Å². The maximum atomic E-state index is 3.76. The van der Waals surface area contributed by atoms with Crippen LogP contribution in [-0.2, 0) is 0 Å². The fraction of sp³-hybridized carbons (Fsp3) is 0.429. The van der Waals surface area contributed by atoms with Gasteiger partial charge in [0.25, 0.3) is 0 Å². The molecule has 0 bridgehead atoms. The lowest BCUT2D eigenvalue weighted by atomic mass is 10.3. The molecule has 0 aliphatic heterocycles. The van der Waals surface area contributed by atoms with Gasteiger partial charge in [-0.3, -0.25) is 0 Å². The molecular formula is C14H26. The third-order valence-electron chi connectivity index (χ3n) is 1.12. The molecule has 0 unspecified atom stereocenters. The molecule has 0 N–H and O–H groups in total. The van der Waals surface area contributed by atoms with Gasteiger partial charge < -0.3 is 0 Å². The highest BCUT2D eigenvalue weighted by molar-refractivity contribution is 5.15. The molecule has 0 amide bonds. The van der Waals surface area contributed by atoms with Gasteiger partial charge in [0, 0.05) is 0 Å². The predicted molar refractivity (Wildman–Crippen MR) is 70.8 cm³/mol. The molecule has 14 heavy (non-hydrogen) atoms. The van der Waals surface area contributed by atoms with Crippen LogP contribution >= 0.6 is 0 Å². The highest BCUT2D eigenvalue weighted by atomic mass is 13.8. The summed E-state index contributed by atoms with van der Waals surface area (Å²) >= 11 is 0. The molecule has 0 heteroatoms. The molecule has 0 spiro atoms. The van der Waals surface area contributed by atoms with Crippen LogP contribution in [0.5, 0.6) is 0 Å². The molecule has 0 atom stereocenters. The lowest BCUT2D eigenvalue weighted by Crippen LogP contribution is -2.19. The second kappa shape index (κ2) is 17.9. The molecule has 0 saturated carbocycles. The van der Waals surface area contributed by atoms with E-state index in [9.17, 15) is 0 Å². The first-order valence-electron chi connectivity index (χ1n) is 5.53. The minimum absolute atomic E-state index is 1.01. The summed E-state index contributed by atoms with van der Waals surface area (Å²) in [6.45, 7) is 19.5. The van der Waals surface area contributed by atoms with Crippen LogP contribution in [0.3, 0.4) is 0 Å². The molecule has 1 aromatic rings. The van der Waals surface area contributed by atoms with Crippen LogP contribution in [0.25, 0.3) is 13.2 Å². The van der Waals surface area contributed by atoms with Gasteiger partial charge in [-0.1, -0.05) is 79.0 Å². The zero-order valence-corrected chi connectivity index (χ0v) is 10.7. The lowest BCUT2D eigenvalue weighted by molar-refractivity contribution is 1.50. The first-order valence-corrected chi connectivity index (χ1v) is 5.53. The van der Waals surface area contributed by atoms with E-state index >= 15 is 0 Å². The standard InChI is InChI=1S/C8H8.3C2H6/c1-7-5-3-4-6-8(7)2;3*1-2/h3-6H,1-2H2;3*1-2H3. The van der Waals surface area contributed by atoms with Crippen molar-refractivity contribution in [2.24, 2.45) is 0 Å². The Bertz CT molecular complexity index is 231. The van der Waals surface area contributed by atoms with E-state index in [1.54, 1.807) is 0 Å². The number of hydrogen-bond acceptors (Lipinski definition) is 0. The van der Waals surface area contributed by atoms with Gasteiger partial charge in [-0.2, -0.15) is 0 Å². The van der Waals surface area contributed by atoms with Crippen molar-refractivity contribution in [2.75, 3.05) is 0 Å². The maximum absolute atomic E-state index is 3.76. The smallest absolute Gasteiger partial charge is 0.0262 e. The van der Waals surface area contributed by atoms with Gasteiger partial charge in [0.15, 0.2) is 0 Å². The molecule has 0 nitrogen and oxygen atoms in total. The summed E-state index contributed by atoms with van der Waals surface area (Å²) in [4.78, 5) is 0. The lowest BCUT2D eigenvalue weighted by Gasteiger charge is -1.79. The van der Waals surface area contributed by atoms with E-state index in [0.717, 1.165) is 10.4 Å². The molecule has 1 aromatic carbocycles. The fourth-order valence-corrected chi connectivity index (χ4v) is 0.557. The minimum atomic E-state index is 1.01. The zero-order valence-electron chi connectivity index (χ0n) is 10.7. The van der Waals surface area contributed by atoms with E-state index in [-0.39, 0.29) is 0 Å². The minimum Gasteiger partial charge on any atom is -0.0912 e. The third kappa shape index (κ3) is 11.0. The van der Waals surface area contributed by atoms with Gasteiger partial charge in [0.05, 0.1) is 0 Å². The highest BCUT2D eigenvalue weighted by Gasteiger charge is 1.71. The molecule has 1 rings (SSSR count). The van der Waals surface area contributed by atoms with Gasteiger partial charge in [-0.15, -0.1) is 0 Å². The van der Waals surface area contributed by atoms with Crippen LogP contribution in [0.2, 0.25) is 0 Å². The number of hydrogen-bond donors (Lipinski definition) is 0. The van der Waals surface area contributed by atoms with Gasteiger partial charge in [0.2, 0.25) is 0 Å². The van der Waals surface area contributed by atoms with Crippen LogP contribution in [0, 0.1) is 0 Å². The van der Waals surface area contributed by atoms with Gasteiger partial charge in [-0.05, 0) is 10.4 Å². The zero-order chi connectivity index (χ0) is 12.0. The van der Waals surface area contributed by atoms with E-state index in [4.69, 9.17) is 0 Å². The van der Waals surface area contributed by atoms with Crippen molar-refractivity contribution in [3.05, 3.63) is 34.7 Å². The van der Waals surface area contributed by atoms with Crippen LogP contribution in [0.15, 0.2) is 24.3 Å². The van der Waals surface area contributed by atoms with E-state index in [2.05, 4.69) is 13.2 Å². The molecule has 0 radical (unpaired) electrons. The average Bonchev–Trinajstić information content (AvgIpc) is 2.31. The first-order chi connectivity index (χ1) is 6.80. The molecule has 0 fully saturated rings. The summed E-state index contributed by atoms with van der Waals surface area (Å²) in [6.07, 6.45) is 0. The largest absolute Gasteiger partial charge is 0.0912 e. The number of benzene rings is 1. The maximum Gasteiger partial charge on any atom is -0.0262 e.